The molecule has 1 heterocycles. The molecule has 0 unspecified atom stereocenters. The summed E-state index contributed by atoms with van der Waals surface area (Å²) in [6, 6.07) is 18.4. The number of halogens is 1. The molecule has 5 heteroatoms. The lowest BCUT2D eigenvalue weighted by molar-refractivity contribution is 0.627. The molecule has 24 heavy (non-hydrogen) atoms. The molecule has 3 rings (SSSR count). The number of aromatic nitrogens is 2. The third-order valence-electron chi connectivity index (χ3n) is 3.69. The summed E-state index contributed by atoms with van der Waals surface area (Å²) in [6.45, 7) is 2.48. The first-order chi connectivity index (χ1) is 11.6. The van der Waals surface area contributed by atoms with E-state index in [1.54, 1.807) is 12.1 Å². The van der Waals surface area contributed by atoms with E-state index in [4.69, 9.17) is 0 Å². The molecule has 0 bridgehead atoms. The van der Waals surface area contributed by atoms with Crippen molar-refractivity contribution in [3.8, 4) is 0 Å². The monoisotopic (exact) mass is 322 g/mol. The third kappa shape index (κ3) is 3.87. The molecule has 0 radical (unpaired) electrons. The summed E-state index contributed by atoms with van der Waals surface area (Å²) in [6.07, 6.45) is 0. The largest absolute Gasteiger partial charge is 0.350 e. The topological polar surface area (TPSA) is 41.1 Å². The molecule has 1 aromatic heterocycles. The molecule has 0 amide bonds. The van der Waals surface area contributed by atoms with Crippen LogP contribution in [0.3, 0.4) is 0 Å². The summed E-state index contributed by atoms with van der Waals surface area (Å²) in [5, 5.41) is 3.20. The molecule has 0 saturated heterocycles. The van der Waals surface area contributed by atoms with Gasteiger partial charge in [0.1, 0.15) is 11.6 Å². The van der Waals surface area contributed by atoms with Crippen molar-refractivity contribution in [2.75, 3.05) is 17.3 Å². The van der Waals surface area contributed by atoms with Crippen molar-refractivity contribution >= 4 is 17.5 Å². The van der Waals surface area contributed by atoms with Gasteiger partial charge in [0.15, 0.2) is 0 Å². The lowest BCUT2D eigenvalue weighted by atomic mass is 10.2. The van der Waals surface area contributed by atoms with Crippen molar-refractivity contribution in [1.29, 1.82) is 0 Å². The minimum atomic E-state index is -0.239. The molecule has 1 N–H and O–H groups in total. The Balaban J connectivity index is 1.77. The number of nitrogens with one attached hydrogen (secondary N) is 1. The average Bonchev–Trinajstić information content (AvgIpc) is 2.61. The molecular formula is C19H19FN4. The average molecular weight is 322 g/mol. The maximum atomic E-state index is 13.0. The van der Waals surface area contributed by atoms with E-state index >= 15 is 0 Å². The van der Waals surface area contributed by atoms with E-state index in [0.717, 1.165) is 22.8 Å². The molecule has 0 atom stereocenters. The summed E-state index contributed by atoms with van der Waals surface area (Å²) in [4.78, 5) is 11.0. The van der Waals surface area contributed by atoms with Gasteiger partial charge in [-0.25, -0.2) is 9.37 Å². The highest BCUT2D eigenvalue weighted by Gasteiger charge is 2.08. The van der Waals surface area contributed by atoms with Crippen LogP contribution in [-0.4, -0.2) is 17.0 Å². The number of rotatable bonds is 5. The zero-order valence-corrected chi connectivity index (χ0v) is 13.7. The van der Waals surface area contributed by atoms with Gasteiger partial charge in [0.25, 0.3) is 0 Å². The van der Waals surface area contributed by atoms with E-state index in [0.29, 0.717) is 12.5 Å². The Kier molecular flexibility index (Phi) is 4.70. The van der Waals surface area contributed by atoms with Crippen molar-refractivity contribution in [3.63, 3.8) is 0 Å². The Morgan fingerprint density at radius 1 is 1.00 bits per heavy atom. The molecule has 0 fully saturated rings. The summed E-state index contributed by atoms with van der Waals surface area (Å²) >= 11 is 0. The van der Waals surface area contributed by atoms with E-state index in [-0.39, 0.29) is 5.82 Å². The Labute approximate surface area is 141 Å². The Hall–Kier alpha value is -2.95. The van der Waals surface area contributed by atoms with Crippen LogP contribution in [0.1, 0.15) is 11.3 Å². The van der Waals surface area contributed by atoms with E-state index in [2.05, 4.69) is 15.3 Å². The van der Waals surface area contributed by atoms with Crippen LogP contribution in [0, 0.1) is 12.7 Å². The summed E-state index contributed by atoms with van der Waals surface area (Å²) in [7, 11) is 1.97. The smallest absolute Gasteiger partial charge is 0.225 e. The first-order valence-corrected chi connectivity index (χ1v) is 7.74. The second-order valence-electron chi connectivity index (χ2n) is 5.57. The van der Waals surface area contributed by atoms with Crippen molar-refractivity contribution in [1.82, 2.24) is 9.97 Å². The number of aryl methyl sites for hydroxylation is 1. The van der Waals surface area contributed by atoms with Crippen LogP contribution in [0.4, 0.5) is 21.8 Å². The van der Waals surface area contributed by atoms with Gasteiger partial charge in [-0.3, -0.25) is 0 Å². The first kappa shape index (κ1) is 15.9. The third-order valence-corrected chi connectivity index (χ3v) is 3.69. The van der Waals surface area contributed by atoms with Gasteiger partial charge in [0.05, 0.1) is 0 Å². The van der Waals surface area contributed by atoms with E-state index in [1.807, 2.05) is 55.3 Å². The van der Waals surface area contributed by atoms with Crippen LogP contribution in [0.25, 0.3) is 0 Å². The quantitative estimate of drug-likeness (QED) is 0.760. The molecule has 0 aliphatic heterocycles. The van der Waals surface area contributed by atoms with Gasteiger partial charge in [-0.15, -0.1) is 0 Å². The fourth-order valence-corrected chi connectivity index (χ4v) is 2.37. The molecule has 0 aliphatic rings. The molecule has 0 aliphatic carbocycles. The first-order valence-electron chi connectivity index (χ1n) is 7.74. The van der Waals surface area contributed by atoms with E-state index < -0.39 is 0 Å². The molecular weight excluding hydrogens is 303 g/mol. The minimum absolute atomic E-state index is 0.239. The fourth-order valence-electron chi connectivity index (χ4n) is 2.37. The van der Waals surface area contributed by atoms with Crippen LogP contribution in [0.15, 0.2) is 60.7 Å². The zero-order valence-electron chi connectivity index (χ0n) is 13.7. The number of hydrogen-bond donors (Lipinski definition) is 1. The second kappa shape index (κ2) is 7.08. The highest BCUT2D eigenvalue weighted by molar-refractivity contribution is 5.60. The Morgan fingerprint density at radius 3 is 2.42 bits per heavy atom. The van der Waals surface area contributed by atoms with Gasteiger partial charge < -0.3 is 10.2 Å². The number of para-hydroxylation sites is 1. The van der Waals surface area contributed by atoms with Gasteiger partial charge in [-0.2, -0.15) is 4.98 Å². The number of nitrogens with zero attached hydrogens (tertiary/aromatic N) is 3. The molecule has 2 aromatic carbocycles. The second-order valence-corrected chi connectivity index (χ2v) is 5.57. The lowest BCUT2D eigenvalue weighted by Gasteiger charge is -2.19. The maximum absolute atomic E-state index is 13.0. The molecule has 0 spiro atoms. The lowest BCUT2D eigenvalue weighted by Crippen LogP contribution is -2.13. The van der Waals surface area contributed by atoms with Gasteiger partial charge in [-0.05, 0) is 36.8 Å². The van der Waals surface area contributed by atoms with Crippen molar-refractivity contribution in [2.24, 2.45) is 0 Å². The number of anilines is 3. The van der Waals surface area contributed by atoms with E-state index in [1.165, 1.54) is 12.1 Å². The zero-order chi connectivity index (χ0) is 16.9. The maximum Gasteiger partial charge on any atom is 0.225 e. The van der Waals surface area contributed by atoms with Crippen molar-refractivity contribution < 1.29 is 4.39 Å². The van der Waals surface area contributed by atoms with Gasteiger partial charge in [0, 0.05) is 31.0 Å². The molecule has 0 saturated carbocycles. The van der Waals surface area contributed by atoms with E-state index in [9.17, 15) is 4.39 Å². The number of benzene rings is 2. The normalized spacial score (nSPS) is 10.5. The van der Waals surface area contributed by atoms with Gasteiger partial charge in [0.2, 0.25) is 5.95 Å². The van der Waals surface area contributed by atoms with Crippen LogP contribution in [0.2, 0.25) is 0 Å². The number of hydrogen-bond acceptors (Lipinski definition) is 4. The van der Waals surface area contributed by atoms with Crippen molar-refractivity contribution in [2.45, 2.75) is 13.5 Å². The predicted octanol–water partition coefficient (Wildman–Crippen LogP) is 4.30. The summed E-state index contributed by atoms with van der Waals surface area (Å²) in [5.41, 5.74) is 2.91. The fraction of sp³-hybridized carbons (Fsp3) is 0.158. The SMILES string of the molecule is Cc1cc(N(C)c2ccccc2)nc(NCc2ccc(F)cc2)n1. The van der Waals surface area contributed by atoms with Gasteiger partial charge in [-0.1, -0.05) is 30.3 Å². The summed E-state index contributed by atoms with van der Waals surface area (Å²) in [5.74, 6) is 1.13. The summed E-state index contributed by atoms with van der Waals surface area (Å²) < 4.78 is 13.0. The predicted molar refractivity (Wildman–Crippen MR) is 95.0 cm³/mol. The van der Waals surface area contributed by atoms with Crippen LogP contribution >= 0.6 is 0 Å². The van der Waals surface area contributed by atoms with Crippen LogP contribution < -0.4 is 10.2 Å². The molecule has 3 aromatic rings. The minimum Gasteiger partial charge on any atom is -0.350 e. The van der Waals surface area contributed by atoms with Crippen LogP contribution in [-0.2, 0) is 6.54 Å². The Morgan fingerprint density at radius 2 is 1.71 bits per heavy atom. The Bertz CT molecular complexity index is 803. The standard InChI is InChI=1S/C19H19FN4/c1-14-12-18(24(2)17-6-4-3-5-7-17)23-19(22-14)21-13-15-8-10-16(20)11-9-15/h3-12H,13H2,1-2H3,(H,21,22,23). The van der Waals surface area contributed by atoms with Crippen molar-refractivity contribution in [3.05, 3.63) is 77.7 Å². The molecule has 122 valence electrons. The highest BCUT2D eigenvalue weighted by Crippen LogP contribution is 2.22. The highest BCUT2D eigenvalue weighted by atomic mass is 19.1. The molecule has 4 nitrogen and oxygen atoms in total. The van der Waals surface area contributed by atoms with Crippen LogP contribution in [0.5, 0.6) is 0 Å². The van der Waals surface area contributed by atoms with Gasteiger partial charge >= 0.3 is 0 Å².